The zero-order valence-corrected chi connectivity index (χ0v) is 11.6. The van der Waals surface area contributed by atoms with Gasteiger partial charge in [0.25, 0.3) is 5.91 Å². The van der Waals surface area contributed by atoms with Crippen molar-refractivity contribution in [2.75, 3.05) is 5.32 Å². The number of anilines is 1. The van der Waals surface area contributed by atoms with Gasteiger partial charge in [-0.15, -0.1) is 0 Å². The Morgan fingerprint density at radius 3 is 2.75 bits per heavy atom. The zero-order chi connectivity index (χ0) is 13.9. The summed E-state index contributed by atoms with van der Waals surface area (Å²) in [6.45, 7) is 1.88. The van der Waals surface area contributed by atoms with Crippen molar-refractivity contribution in [1.29, 1.82) is 0 Å². The number of aryl methyl sites for hydroxylation is 1. The van der Waals surface area contributed by atoms with Gasteiger partial charge in [-0.05, 0) is 36.2 Å². The van der Waals surface area contributed by atoms with Crippen molar-refractivity contribution < 1.29 is 9.21 Å². The minimum Gasteiger partial charge on any atom is -0.459 e. The summed E-state index contributed by atoms with van der Waals surface area (Å²) in [6.07, 6.45) is 1.52. The second-order valence-corrected chi connectivity index (χ2v) is 5.12. The lowest BCUT2D eigenvalue weighted by Crippen LogP contribution is -2.10. The van der Waals surface area contributed by atoms with E-state index < -0.39 is 0 Å². The number of hydrogen-bond donors (Lipinski definition) is 1. The van der Waals surface area contributed by atoms with Crippen LogP contribution in [0.15, 0.2) is 53.1 Å². The molecule has 0 bridgehead atoms. The largest absolute Gasteiger partial charge is 0.459 e. The normalized spacial score (nSPS) is 10.4. The topological polar surface area (TPSA) is 55.1 Å². The van der Waals surface area contributed by atoms with Crippen LogP contribution in [-0.2, 0) is 0 Å². The highest BCUT2D eigenvalue weighted by Gasteiger charge is 2.17. The molecular formula is C15H12N2O2S. The molecule has 0 aliphatic rings. The summed E-state index contributed by atoms with van der Waals surface area (Å²) in [5, 5.41) is 3.51. The van der Waals surface area contributed by atoms with Gasteiger partial charge in [0.1, 0.15) is 5.00 Å². The standard InChI is InChI=1S/C15H12N2O2S/c1-10-9-13(20-17-10)16-15(18)14-12(7-8-19-14)11-5-3-2-4-6-11/h2-9H,1H3,(H,16,18). The number of carbonyl (C=O) groups excluding carboxylic acids is 1. The molecule has 0 saturated heterocycles. The number of furan rings is 1. The number of nitrogens with zero attached hydrogens (tertiary/aromatic N) is 1. The molecule has 0 fully saturated rings. The van der Waals surface area contributed by atoms with Crippen molar-refractivity contribution in [3.63, 3.8) is 0 Å². The van der Waals surface area contributed by atoms with Gasteiger partial charge < -0.3 is 9.73 Å². The quantitative estimate of drug-likeness (QED) is 0.792. The number of carbonyl (C=O) groups is 1. The van der Waals surface area contributed by atoms with Gasteiger partial charge in [0, 0.05) is 5.56 Å². The molecule has 0 aliphatic carbocycles. The fourth-order valence-corrected chi connectivity index (χ4v) is 2.58. The molecule has 0 radical (unpaired) electrons. The molecule has 1 aromatic carbocycles. The average molecular weight is 284 g/mol. The Morgan fingerprint density at radius 1 is 1.25 bits per heavy atom. The lowest BCUT2D eigenvalue weighted by atomic mass is 10.1. The molecule has 0 aliphatic heterocycles. The minimum absolute atomic E-state index is 0.266. The number of hydrogen-bond acceptors (Lipinski definition) is 4. The van der Waals surface area contributed by atoms with E-state index in [2.05, 4.69) is 9.69 Å². The number of nitrogens with one attached hydrogen (secondary N) is 1. The van der Waals surface area contributed by atoms with E-state index in [-0.39, 0.29) is 5.91 Å². The summed E-state index contributed by atoms with van der Waals surface area (Å²) in [5.41, 5.74) is 2.62. The highest BCUT2D eigenvalue weighted by molar-refractivity contribution is 7.10. The number of rotatable bonds is 3. The Balaban J connectivity index is 1.88. The van der Waals surface area contributed by atoms with Crippen molar-refractivity contribution in [3.8, 4) is 11.1 Å². The lowest BCUT2D eigenvalue weighted by molar-refractivity contribution is 0.0998. The minimum atomic E-state index is -0.266. The first-order chi connectivity index (χ1) is 9.74. The van der Waals surface area contributed by atoms with Crippen molar-refractivity contribution in [2.24, 2.45) is 0 Å². The van der Waals surface area contributed by atoms with E-state index in [1.807, 2.05) is 43.3 Å². The highest BCUT2D eigenvalue weighted by atomic mass is 32.1. The Bertz CT molecular complexity index is 731. The third-order valence-electron chi connectivity index (χ3n) is 2.82. The van der Waals surface area contributed by atoms with Gasteiger partial charge in [-0.1, -0.05) is 30.3 Å². The van der Waals surface area contributed by atoms with Crippen LogP contribution in [0, 0.1) is 6.92 Å². The molecule has 0 saturated carbocycles. The van der Waals surface area contributed by atoms with Crippen LogP contribution in [0.3, 0.4) is 0 Å². The fourth-order valence-electron chi connectivity index (χ4n) is 1.92. The monoisotopic (exact) mass is 284 g/mol. The molecular weight excluding hydrogens is 272 g/mol. The highest BCUT2D eigenvalue weighted by Crippen LogP contribution is 2.26. The molecule has 100 valence electrons. The molecule has 0 spiro atoms. The maximum Gasteiger partial charge on any atom is 0.292 e. The average Bonchev–Trinajstić information content (AvgIpc) is 3.09. The van der Waals surface area contributed by atoms with E-state index in [4.69, 9.17) is 4.42 Å². The molecule has 20 heavy (non-hydrogen) atoms. The lowest BCUT2D eigenvalue weighted by Gasteiger charge is -2.02. The molecule has 3 rings (SSSR count). The molecule has 2 aromatic heterocycles. The third-order valence-corrected chi connectivity index (χ3v) is 3.62. The molecule has 5 heteroatoms. The molecule has 1 amide bonds. The van der Waals surface area contributed by atoms with Crippen molar-refractivity contribution in [3.05, 3.63) is 60.2 Å². The van der Waals surface area contributed by atoms with Crippen LogP contribution in [0.5, 0.6) is 0 Å². The summed E-state index contributed by atoms with van der Waals surface area (Å²) in [6, 6.07) is 13.3. The Morgan fingerprint density at radius 2 is 2.05 bits per heavy atom. The first kappa shape index (κ1) is 12.6. The first-order valence-corrected chi connectivity index (χ1v) is 6.89. The van der Waals surface area contributed by atoms with Gasteiger partial charge in [0.15, 0.2) is 5.76 Å². The van der Waals surface area contributed by atoms with Crippen LogP contribution in [0.2, 0.25) is 0 Å². The summed E-state index contributed by atoms with van der Waals surface area (Å²) < 4.78 is 9.46. The van der Waals surface area contributed by atoms with Crippen LogP contribution >= 0.6 is 11.5 Å². The predicted molar refractivity (Wildman–Crippen MR) is 78.9 cm³/mol. The van der Waals surface area contributed by atoms with Crippen molar-refractivity contribution in [2.45, 2.75) is 6.92 Å². The molecule has 2 heterocycles. The number of benzene rings is 1. The second-order valence-electron chi connectivity index (χ2n) is 4.32. The van der Waals surface area contributed by atoms with E-state index in [1.165, 1.54) is 17.8 Å². The number of amides is 1. The fraction of sp³-hybridized carbons (Fsp3) is 0.0667. The van der Waals surface area contributed by atoms with E-state index in [1.54, 1.807) is 6.07 Å². The van der Waals surface area contributed by atoms with E-state index >= 15 is 0 Å². The first-order valence-electron chi connectivity index (χ1n) is 6.11. The van der Waals surface area contributed by atoms with Gasteiger partial charge >= 0.3 is 0 Å². The van der Waals surface area contributed by atoms with Crippen molar-refractivity contribution in [1.82, 2.24) is 4.37 Å². The Kier molecular flexibility index (Phi) is 3.35. The van der Waals surface area contributed by atoms with E-state index in [0.29, 0.717) is 10.8 Å². The Labute approximate surface area is 120 Å². The van der Waals surface area contributed by atoms with Crippen LogP contribution in [0.25, 0.3) is 11.1 Å². The van der Waals surface area contributed by atoms with Crippen LogP contribution in [0.4, 0.5) is 5.00 Å². The SMILES string of the molecule is Cc1cc(NC(=O)c2occc2-c2ccccc2)sn1. The van der Waals surface area contributed by atoms with Gasteiger partial charge in [0.2, 0.25) is 0 Å². The van der Waals surface area contributed by atoms with Gasteiger partial charge in [-0.2, -0.15) is 4.37 Å². The van der Waals surface area contributed by atoms with Gasteiger partial charge in [-0.3, -0.25) is 4.79 Å². The van der Waals surface area contributed by atoms with Crippen LogP contribution < -0.4 is 5.32 Å². The van der Waals surface area contributed by atoms with E-state index in [9.17, 15) is 4.79 Å². The summed E-state index contributed by atoms with van der Waals surface area (Å²) >= 11 is 1.25. The zero-order valence-electron chi connectivity index (χ0n) is 10.8. The molecule has 4 nitrogen and oxygen atoms in total. The van der Waals surface area contributed by atoms with Gasteiger partial charge in [0.05, 0.1) is 12.0 Å². The Hall–Kier alpha value is -2.40. The van der Waals surface area contributed by atoms with Crippen LogP contribution in [0.1, 0.15) is 16.2 Å². The predicted octanol–water partition coefficient (Wildman–Crippen LogP) is 3.96. The molecule has 3 aromatic rings. The second kappa shape index (κ2) is 5.30. The van der Waals surface area contributed by atoms with Crippen LogP contribution in [-0.4, -0.2) is 10.3 Å². The number of aromatic nitrogens is 1. The van der Waals surface area contributed by atoms with Gasteiger partial charge in [-0.25, -0.2) is 0 Å². The third kappa shape index (κ3) is 2.48. The van der Waals surface area contributed by atoms with Crippen molar-refractivity contribution >= 4 is 22.4 Å². The summed E-state index contributed by atoms with van der Waals surface area (Å²) in [4.78, 5) is 12.3. The van der Waals surface area contributed by atoms with E-state index in [0.717, 1.165) is 16.8 Å². The maximum absolute atomic E-state index is 12.3. The molecule has 0 unspecified atom stereocenters. The molecule has 0 atom stereocenters. The maximum atomic E-state index is 12.3. The summed E-state index contributed by atoms with van der Waals surface area (Å²) in [5.74, 6) is 0.0414. The smallest absolute Gasteiger partial charge is 0.292 e. The molecule has 1 N–H and O–H groups in total. The summed E-state index contributed by atoms with van der Waals surface area (Å²) in [7, 11) is 0.